The quantitative estimate of drug-likeness (QED) is 0.807. The van der Waals surface area contributed by atoms with Gasteiger partial charge in [0.2, 0.25) is 0 Å². The second kappa shape index (κ2) is 6.51. The molecule has 0 unspecified atom stereocenters. The smallest absolute Gasteiger partial charge is 0.310 e. The van der Waals surface area contributed by atoms with E-state index in [1.807, 2.05) is 30.0 Å². The van der Waals surface area contributed by atoms with Gasteiger partial charge in [-0.05, 0) is 60.6 Å². The van der Waals surface area contributed by atoms with Gasteiger partial charge in [0, 0.05) is 18.7 Å². The molecular formula is C21H23NO3. The van der Waals surface area contributed by atoms with Gasteiger partial charge in [0.15, 0.2) is 0 Å². The van der Waals surface area contributed by atoms with Crippen molar-refractivity contribution in [1.29, 1.82) is 0 Å². The highest BCUT2D eigenvalue weighted by molar-refractivity contribution is 6.09. The third-order valence-electron chi connectivity index (χ3n) is 5.44. The minimum Gasteiger partial charge on any atom is -0.466 e. The monoisotopic (exact) mass is 337 g/mol. The van der Waals surface area contributed by atoms with Gasteiger partial charge in [0.1, 0.15) is 0 Å². The van der Waals surface area contributed by atoms with Gasteiger partial charge in [-0.15, -0.1) is 0 Å². The van der Waals surface area contributed by atoms with E-state index in [2.05, 4.69) is 12.1 Å². The van der Waals surface area contributed by atoms with Crippen LogP contribution in [-0.2, 0) is 22.4 Å². The van der Waals surface area contributed by atoms with Crippen molar-refractivity contribution in [2.24, 2.45) is 5.92 Å². The number of piperidine rings is 1. The van der Waals surface area contributed by atoms with Gasteiger partial charge in [-0.1, -0.05) is 24.3 Å². The van der Waals surface area contributed by atoms with Crippen LogP contribution < -0.4 is 0 Å². The van der Waals surface area contributed by atoms with E-state index in [9.17, 15) is 9.59 Å². The Kier molecular flexibility index (Phi) is 4.20. The van der Waals surface area contributed by atoms with Crippen LogP contribution >= 0.6 is 0 Å². The van der Waals surface area contributed by atoms with E-state index in [-0.39, 0.29) is 17.8 Å². The molecule has 0 radical (unpaired) electrons. The number of ether oxygens (including phenoxy) is 1. The van der Waals surface area contributed by atoms with E-state index in [1.165, 1.54) is 16.5 Å². The Morgan fingerprint density at radius 3 is 2.76 bits per heavy atom. The molecule has 0 aromatic heterocycles. The van der Waals surface area contributed by atoms with E-state index >= 15 is 0 Å². The number of carbonyl (C=O) groups excluding carboxylic acids is 2. The highest BCUT2D eigenvalue weighted by Gasteiger charge is 2.30. The van der Waals surface area contributed by atoms with E-state index in [0.717, 1.165) is 36.6 Å². The van der Waals surface area contributed by atoms with Crippen LogP contribution in [0.4, 0.5) is 0 Å². The van der Waals surface area contributed by atoms with Gasteiger partial charge < -0.3 is 9.64 Å². The van der Waals surface area contributed by atoms with E-state index in [4.69, 9.17) is 4.74 Å². The van der Waals surface area contributed by atoms with Crippen LogP contribution in [0, 0.1) is 5.92 Å². The molecule has 1 heterocycles. The minimum absolute atomic E-state index is 0.0320. The number of likely N-dealkylation sites (tertiary alicyclic amines) is 1. The third kappa shape index (κ3) is 2.80. The average molecular weight is 337 g/mol. The van der Waals surface area contributed by atoms with Crippen molar-refractivity contribution in [2.45, 2.75) is 32.6 Å². The molecule has 1 atom stereocenters. The van der Waals surface area contributed by atoms with Gasteiger partial charge in [-0.25, -0.2) is 0 Å². The SMILES string of the molecule is CCOC(=O)[C@@H]1CCCN(C(=O)c2ccc3c4c(cccc24)CC3)C1. The van der Waals surface area contributed by atoms with Crippen LogP contribution in [0.2, 0.25) is 0 Å². The van der Waals surface area contributed by atoms with Crippen LogP contribution in [0.25, 0.3) is 10.8 Å². The van der Waals surface area contributed by atoms with Gasteiger partial charge in [0.25, 0.3) is 5.91 Å². The van der Waals surface area contributed by atoms with Gasteiger partial charge in [0.05, 0.1) is 12.5 Å². The summed E-state index contributed by atoms with van der Waals surface area (Å²) >= 11 is 0. The minimum atomic E-state index is -0.200. The highest BCUT2D eigenvalue weighted by atomic mass is 16.5. The number of hydrogen-bond acceptors (Lipinski definition) is 3. The first-order valence-electron chi connectivity index (χ1n) is 9.18. The van der Waals surface area contributed by atoms with Crippen LogP contribution in [0.3, 0.4) is 0 Å². The molecule has 1 aliphatic carbocycles. The maximum atomic E-state index is 13.2. The van der Waals surface area contributed by atoms with Crippen LogP contribution in [-0.4, -0.2) is 36.5 Å². The molecule has 0 bridgehead atoms. The fraction of sp³-hybridized carbons (Fsp3) is 0.429. The first kappa shape index (κ1) is 16.1. The third-order valence-corrected chi connectivity index (χ3v) is 5.44. The molecule has 0 saturated carbocycles. The molecule has 4 rings (SSSR count). The molecular weight excluding hydrogens is 314 g/mol. The molecule has 4 heteroatoms. The molecule has 1 amide bonds. The highest BCUT2D eigenvalue weighted by Crippen LogP contribution is 2.33. The maximum absolute atomic E-state index is 13.2. The standard InChI is InChI=1S/C21H23NO3/c1-2-25-21(24)16-6-4-12-22(13-16)20(23)18-11-10-15-9-8-14-5-3-7-17(18)19(14)15/h3,5,7,10-11,16H,2,4,6,8-9,12-13H2,1H3/t16-/m1/s1. The Hall–Kier alpha value is -2.36. The summed E-state index contributed by atoms with van der Waals surface area (Å²) in [6, 6.07) is 10.3. The molecule has 130 valence electrons. The molecule has 1 fully saturated rings. The van der Waals surface area contributed by atoms with Gasteiger partial charge in [-0.2, -0.15) is 0 Å². The number of esters is 1. The summed E-state index contributed by atoms with van der Waals surface area (Å²) in [4.78, 5) is 27.0. The topological polar surface area (TPSA) is 46.6 Å². The van der Waals surface area contributed by atoms with Crippen LogP contribution in [0.1, 0.15) is 41.3 Å². The maximum Gasteiger partial charge on any atom is 0.310 e. The van der Waals surface area contributed by atoms with Crippen molar-refractivity contribution in [2.75, 3.05) is 19.7 Å². The van der Waals surface area contributed by atoms with Crippen molar-refractivity contribution >= 4 is 22.6 Å². The Balaban J connectivity index is 1.63. The summed E-state index contributed by atoms with van der Waals surface area (Å²) in [5.41, 5.74) is 3.43. The second-order valence-corrected chi connectivity index (χ2v) is 6.95. The molecule has 2 aliphatic rings. The lowest BCUT2D eigenvalue weighted by Gasteiger charge is -2.32. The first-order valence-corrected chi connectivity index (χ1v) is 9.18. The van der Waals surface area contributed by atoms with Crippen LogP contribution in [0.5, 0.6) is 0 Å². The molecule has 4 nitrogen and oxygen atoms in total. The van der Waals surface area contributed by atoms with Crippen molar-refractivity contribution in [3.05, 3.63) is 47.0 Å². The van der Waals surface area contributed by atoms with Crippen molar-refractivity contribution in [1.82, 2.24) is 4.90 Å². The number of aryl methyl sites for hydroxylation is 2. The molecule has 2 aromatic rings. The number of rotatable bonds is 3. The lowest BCUT2D eigenvalue weighted by Crippen LogP contribution is -2.42. The summed E-state index contributed by atoms with van der Waals surface area (Å²) in [6.07, 6.45) is 3.75. The predicted molar refractivity (Wildman–Crippen MR) is 96.6 cm³/mol. The summed E-state index contributed by atoms with van der Waals surface area (Å²) in [5, 5.41) is 2.31. The Morgan fingerprint density at radius 2 is 1.96 bits per heavy atom. The summed E-state index contributed by atoms with van der Waals surface area (Å²) < 4.78 is 5.15. The number of amides is 1. The van der Waals surface area contributed by atoms with E-state index in [0.29, 0.717) is 19.7 Å². The Morgan fingerprint density at radius 1 is 1.16 bits per heavy atom. The number of nitrogens with zero attached hydrogens (tertiary/aromatic N) is 1. The molecule has 2 aromatic carbocycles. The molecule has 0 N–H and O–H groups in total. The molecule has 1 aliphatic heterocycles. The van der Waals surface area contributed by atoms with Crippen molar-refractivity contribution in [3.8, 4) is 0 Å². The number of hydrogen-bond donors (Lipinski definition) is 0. The average Bonchev–Trinajstić information content (AvgIpc) is 3.07. The summed E-state index contributed by atoms with van der Waals surface area (Å²) in [7, 11) is 0. The first-order chi connectivity index (χ1) is 12.2. The predicted octanol–water partition coefficient (Wildman–Crippen LogP) is 3.35. The zero-order valence-electron chi connectivity index (χ0n) is 14.6. The van der Waals surface area contributed by atoms with Crippen LogP contribution in [0.15, 0.2) is 30.3 Å². The fourth-order valence-electron chi connectivity index (χ4n) is 4.22. The van der Waals surface area contributed by atoms with E-state index < -0.39 is 0 Å². The normalized spacial score (nSPS) is 19.2. The summed E-state index contributed by atoms with van der Waals surface area (Å²) in [5.74, 6) is -0.348. The van der Waals surface area contributed by atoms with Crippen molar-refractivity contribution in [3.63, 3.8) is 0 Å². The van der Waals surface area contributed by atoms with Crippen molar-refractivity contribution < 1.29 is 14.3 Å². The zero-order chi connectivity index (χ0) is 17.4. The lowest BCUT2D eigenvalue weighted by molar-refractivity contribution is -0.149. The summed E-state index contributed by atoms with van der Waals surface area (Å²) in [6.45, 7) is 3.37. The zero-order valence-corrected chi connectivity index (χ0v) is 14.6. The van der Waals surface area contributed by atoms with Gasteiger partial charge >= 0.3 is 5.97 Å². The lowest BCUT2D eigenvalue weighted by atomic mass is 9.95. The Labute approximate surface area is 147 Å². The molecule has 25 heavy (non-hydrogen) atoms. The molecule has 0 spiro atoms. The Bertz CT molecular complexity index is 832. The fourth-order valence-corrected chi connectivity index (χ4v) is 4.22. The number of carbonyl (C=O) groups is 2. The second-order valence-electron chi connectivity index (χ2n) is 6.95. The van der Waals surface area contributed by atoms with E-state index in [1.54, 1.807) is 0 Å². The largest absolute Gasteiger partial charge is 0.466 e. The molecule has 1 saturated heterocycles. The van der Waals surface area contributed by atoms with Gasteiger partial charge in [-0.3, -0.25) is 9.59 Å². The number of benzene rings is 2.